The molecular weight excluding hydrogens is 705 g/mol. The predicted molar refractivity (Wildman–Crippen MR) is 239 cm³/mol. The number of hydrogen-bond acceptors (Lipinski definition) is 4. The summed E-state index contributed by atoms with van der Waals surface area (Å²) in [5.74, 6) is 0. The third-order valence-corrected chi connectivity index (χ3v) is 12.9. The fraction of sp³-hybridized carbons (Fsp3) is 0. The first-order chi connectivity index (χ1) is 27.2. The number of anilines is 3. The molecule has 11 rings (SSSR count). The topological polar surface area (TPSA) is 16.1 Å². The molecule has 9 aromatic carbocycles. The van der Waals surface area contributed by atoms with E-state index in [1.165, 1.54) is 68.7 Å². The van der Waals surface area contributed by atoms with E-state index < -0.39 is 0 Å². The quantitative estimate of drug-likeness (QED) is 0.169. The number of thiazole rings is 1. The Bertz CT molecular complexity index is 3200. The summed E-state index contributed by atoms with van der Waals surface area (Å²) in [5.41, 5.74) is 10.4. The largest absolute Gasteiger partial charge is 0.310 e. The molecule has 0 bridgehead atoms. The molecule has 0 radical (unpaired) electrons. The Kier molecular flexibility index (Phi) is 7.58. The Labute approximate surface area is 326 Å². The van der Waals surface area contributed by atoms with Gasteiger partial charge in [-0.15, -0.1) is 22.7 Å². The Morgan fingerprint density at radius 1 is 0.364 bits per heavy atom. The van der Waals surface area contributed by atoms with Crippen molar-refractivity contribution in [2.24, 2.45) is 0 Å². The van der Waals surface area contributed by atoms with E-state index in [0.717, 1.165) is 33.1 Å². The molecule has 55 heavy (non-hydrogen) atoms. The Balaban J connectivity index is 1.15. The highest BCUT2D eigenvalue weighted by atomic mass is 32.1. The van der Waals surface area contributed by atoms with E-state index in [-0.39, 0.29) is 0 Å². The summed E-state index contributed by atoms with van der Waals surface area (Å²) < 4.78 is 3.73. The number of benzene rings is 9. The van der Waals surface area contributed by atoms with Crippen molar-refractivity contribution in [3.63, 3.8) is 0 Å². The standard InChI is InChI=1S/C51H32N2S2/c1-3-13-33(14-4-1)40-27-25-37(29-43(40)42-23-11-19-34-15-7-9-21-39(34)42)53(47-24-12-20-35-16-8-10-22-41(35)47)38-26-28-48-44(30-38)45-31-50-46(32-49(45)54-48)52-51(55-50)36-17-5-2-6-18-36/h1-32H. The van der Waals surface area contributed by atoms with Gasteiger partial charge in [-0.1, -0.05) is 146 Å². The lowest BCUT2D eigenvalue weighted by Crippen LogP contribution is -2.10. The van der Waals surface area contributed by atoms with Gasteiger partial charge in [-0.25, -0.2) is 4.98 Å². The number of nitrogens with zero attached hydrogens (tertiary/aromatic N) is 2. The molecule has 0 unspecified atom stereocenters. The monoisotopic (exact) mass is 736 g/mol. The molecule has 0 N–H and O–H groups in total. The summed E-state index contributed by atoms with van der Waals surface area (Å²) in [4.78, 5) is 7.51. The van der Waals surface area contributed by atoms with Crippen LogP contribution in [0, 0.1) is 0 Å². The van der Waals surface area contributed by atoms with Gasteiger partial charge in [0, 0.05) is 42.5 Å². The number of hydrogen-bond donors (Lipinski definition) is 0. The van der Waals surface area contributed by atoms with Gasteiger partial charge in [0.25, 0.3) is 0 Å². The molecule has 0 saturated heterocycles. The Morgan fingerprint density at radius 3 is 1.82 bits per heavy atom. The van der Waals surface area contributed by atoms with Crippen molar-refractivity contribution in [3.05, 3.63) is 194 Å². The van der Waals surface area contributed by atoms with Crippen LogP contribution in [0.5, 0.6) is 0 Å². The second-order valence-electron chi connectivity index (χ2n) is 13.9. The van der Waals surface area contributed by atoms with Crippen LogP contribution in [0.3, 0.4) is 0 Å². The van der Waals surface area contributed by atoms with Crippen LogP contribution in [0.15, 0.2) is 194 Å². The molecule has 0 amide bonds. The van der Waals surface area contributed by atoms with Crippen LogP contribution < -0.4 is 4.90 Å². The van der Waals surface area contributed by atoms with Crippen LogP contribution >= 0.6 is 22.7 Å². The van der Waals surface area contributed by atoms with Crippen LogP contribution in [0.4, 0.5) is 17.1 Å². The van der Waals surface area contributed by atoms with E-state index in [1.807, 2.05) is 11.3 Å². The SMILES string of the molecule is c1ccc(-c2nc3cc4sc5ccc(N(c6ccc(-c7ccccc7)c(-c7cccc8ccccc78)c6)c6cccc7ccccc67)cc5c4cc3s2)cc1. The minimum Gasteiger partial charge on any atom is -0.310 e. The first-order valence-electron chi connectivity index (χ1n) is 18.5. The third kappa shape index (κ3) is 5.49. The van der Waals surface area contributed by atoms with Gasteiger partial charge in [-0.05, 0) is 86.9 Å². The van der Waals surface area contributed by atoms with Crippen LogP contribution in [0.25, 0.3) is 84.8 Å². The van der Waals surface area contributed by atoms with Crippen molar-refractivity contribution in [3.8, 4) is 32.8 Å². The molecular formula is C51H32N2S2. The average molecular weight is 737 g/mol. The molecule has 0 atom stereocenters. The highest BCUT2D eigenvalue weighted by molar-refractivity contribution is 7.26. The summed E-state index contributed by atoms with van der Waals surface area (Å²) in [6, 6.07) is 70.6. The molecule has 258 valence electrons. The molecule has 0 aliphatic rings. The van der Waals surface area contributed by atoms with E-state index in [0.29, 0.717) is 0 Å². The zero-order valence-electron chi connectivity index (χ0n) is 29.7. The van der Waals surface area contributed by atoms with Crippen molar-refractivity contribution in [2.75, 3.05) is 4.90 Å². The first-order valence-corrected chi connectivity index (χ1v) is 20.2. The van der Waals surface area contributed by atoms with Crippen molar-refractivity contribution in [1.29, 1.82) is 0 Å². The highest BCUT2D eigenvalue weighted by Gasteiger charge is 2.20. The Hall–Kier alpha value is -6.59. The van der Waals surface area contributed by atoms with Crippen LogP contribution in [-0.4, -0.2) is 4.98 Å². The van der Waals surface area contributed by atoms with E-state index in [1.54, 1.807) is 11.3 Å². The van der Waals surface area contributed by atoms with Gasteiger partial charge in [0.2, 0.25) is 0 Å². The van der Waals surface area contributed by atoms with Gasteiger partial charge < -0.3 is 4.90 Å². The lowest BCUT2D eigenvalue weighted by molar-refractivity contribution is 1.30. The molecule has 2 aromatic heterocycles. The maximum atomic E-state index is 5.06. The second-order valence-corrected chi connectivity index (χ2v) is 16.1. The van der Waals surface area contributed by atoms with Gasteiger partial charge in [0.1, 0.15) is 5.01 Å². The molecule has 2 nitrogen and oxygen atoms in total. The van der Waals surface area contributed by atoms with Crippen LogP contribution in [0.1, 0.15) is 0 Å². The smallest absolute Gasteiger partial charge is 0.124 e. The van der Waals surface area contributed by atoms with Crippen molar-refractivity contribution >= 4 is 91.7 Å². The van der Waals surface area contributed by atoms with E-state index in [4.69, 9.17) is 4.98 Å². The first kappa shape index (κ1) is 31.9. The number of thiophene rings is 1. The van der Waals surface area contributed by atoms with Crippen molar-refractivity contribution < 1.29 is 0 Å². The highest BCUT2D eigenvalue weighted by Crippen LogP contribution is 2.46. The lowest BCUT2D eigenvalue weighted by atomic mass is 9.90. The van der Waals surface area contributed by atoms with Crippen LogP contribution in [0.2, 0.25) is 0 Å². The number of fused-ring (bicyclic) bond motifs is 6. The minimum atomic E-state index is 1.06. The molecule has 0 fully saturated rings. The van der Waals surface area contributed by atoms with Gasteiger partial charge in [0.15, 0.2) is 0 Å². The van der Waals surface area contributed by atoms with E-state index >= 15 is 0 Å². The summed E-state index contributed by atoms with van der Waals surface area (Å²) in [5, 5.41) is 8.48. The van der Waals surface area contributed by atoms with Gasteiger partial charge in [0.05, 0.1) is 15.9 Å². The maximum Gasteiger partial charge on any atom is 0.124 e. The summed E-state index contributed by atoms with van der Waals surface area (Å²) >= 11 is 3.61. The van der Waals surface area contributed by atoms with Crippen LogP contribution in [-0.2, 0) is 0 Å². The van der Waals surface area contributed by atoms with Gasteiger partial charge in [-0.2, -0.15) is 0 Å². The molecule has 2 heterocycles. The van der Waals surface area contributed by atoms with E-state index in [9.17, 15) is 0 Å². The molecule has 0 spiro atoms. The zero-order valence-corrected chi connectivity index (χ0v) is 31.3. The third-order valence-electron chi connectivity index (χ3n) is 10.7. The normalized spacial score (nSPS) is 11.6. The number of rotatable bonds is 6. The molecule has 0 saturated carbocycles. The molecule has 0 aliphatic heterocycles. The molecule has 11 aromatic rings. The zero-order chi connectivity index (χ0) is 36.3. The van der Waals surface area contributed by atoms with Crippen molar-refractivity contribution in [1.82, 2.24) is 4.98 Å². The summed E-state index contributed by atoms with van der Waals surface area (Å²) in [6.45, 7) is 0. The van der Waals surface area contributed by atoms with E-state index in [2.05, 4.69) is 199 Å². The predicted octanol–water partition coefficient (Wildman–Crippen LogP) is 15.4. The Morgan fingerprint density at radius 2 is 1.00 bits per heavy atom. The summed E-state index contributed by atoms with van der Waals surface area (Å²) in [7, 11) is 0. The average Bonchev–Trinajstić information content (AvgIpc) is 3.84. The molecule has 0 aliphatic carbocycles. The van der Waals surface area contributed by atoms with Gasteiger partial charge >= 0.3 is 0 Å². The second kappa shape index (κ2) is 13.1. The summed E-state index contributed by atoms with van der Waals surface area (Å²) in [6.07, 6.45) is 0. The van der Waals surface area contributed by atoms with Crippen molar-refractivity contribution in [2.45, 2.75) is 0 Å². The fourth-order valence-corrected chi connectivity index (χ4v) is 10.2. The minimum absolute atomic E-state index is 1.06. The number of aromatic nitrogens is 1. The maximum absolute atomic E-state index is 5.06. The van der Waals surface area contributed by atoms with Gasteiger partial charge in [-0.3, -0.25) is 0 Å². The lowest BCUT2D eigenvalue weighted by Gasteiger charge is -2.28. The molecule has 4 heteroatoms. The fourth-order valence-electron chi connectivity index (χ4n) is 8.08.